The zero-order valence-corrected chi connectivity index (χ0v) is 14.1. The van der Waals surface area contributed by atoms with E-state index in [0.29, 0.717) is 17.7 Å². The molecule has 1 aliphatic carbocycles. The van der Waals surface area contributed by atoms with Gasteiger partial charge in [0.15, 0.2) is 11.6 Å². The summed E-state index contributed by atoms with van der Waals surface area (Å²) in [6.07, 6.45) is -0.492. The molecule has 4 atom stereocenters. The summed E-state index contributed by atoms with van der Waals surface area (Å²) in [5, 5.41) is 23.8. The molecule has 1 saturated carbocycles. The smallest absolute Gasteiger partial charge is 0.329 e. The van der Waals surface area contributed by atoms with Gasteiger partial charge in [-0.05, 0) is 24.3 Å². The van der Waals surface area contributed by atoms with Crippen molar-refractivity contribution in [1.82, 2.24) is 5.32 Å². The molecular formula is C16H19NO6S. The van der Waals surface area contributed by atoms with E-state index in [-0.39, 0.29) is 5.92 Å². The lowest BCUT2D eigenvalue weighted by molar-refractivity contribution is -0.168. The second kappa shape index (κ2) is 5.56. The number of hydrogen-bond donors (Lipinski definition) is 3. The van der Waals surface area contributed by atoms with Crippen molar-refractivity contribution in [2.75, 3.05) is 0 Å². The fraction of sp³-hybridized carbons (Fsp3) is 0.562. The minimum Gasteiger partial charge on any atom is -0.480 e. The van der Waals surface area contributed by atoms with Gasteiger partial charge < -0.3 is 20.3 Å². The van der Waals surface area contributed by atoms with Gasteiger partial charge in [0.1, 0.15) is 6.10 Å². The van der Waals surface area contributed by atoms with Crippen LogP contribution in [0.1, 0.15) is 37.7 Å². The van der Waals surface area contributed by atoms with Crippen LogP contribution in [0.5, 0.6) is 0 Å². The molecule has 2 fully saturated rings. The Hall–Kier alpha value is -1.93. The molecule has 3 N–H and O–H groups in total. The lowest BCUT2D eigenvalue weighted by atomic mass is 9.74. The molecular weight excluding hydrogens is 334 g/mol. The highest BCUT2D eigenvalue weighted by Gasteiger charge is 2.70. The first-order valence-electron chi connectivity index (χ1n) is 7.69. The summed E-state index contributed by atoms with van der Waals surface area (Å²) in [6.45, 7) is 3.56. The first kappa shape index (κ1) is 16.9. The summed E-state index contributed by atoms with van der Waals surface area (Å²) in [5.74, 6) is -2.80. The number of esters is 1. The van der Waals surface area contributed by atoms with Gasteiger partial charge in [0, 0.05) is 10.3 Å². The minimum atomic E-state index is -1.51. The molecule has 2 aliphatic rings. The number of ether oxygens (including phenoxy) is 1. The summed E-state index contributed by atoms with van der Waals surface area (Å²) in [7, 11) is 0. The van der Waals surface area contributed by atoms with E-state index in [1.165, 1.54) is 11.3 Å². The normalized spacial score (nSPS) is 29.8. The Balaban J connectivity index is 1.85. The van der Waals surface area contributed by atoms with Crippen molar-refractivity contribution in [2.45, 2.75) is 44.4 Å². The largest absolute Gasteiger partial charge is 0.480 e. The van der Waals surface area contributed by atoms with Crippen LogP contribution < -0.4 is 5.32 Å². The lowest BCUT2D eigenvalue weighted by Crippen LogP contribution is -2.57. The van der Waals surface area contributed by atoms with Crippen molar-refractivity contribution >= 4 is 29.2 Å². The number of aliphatic hydroxyl groups excluding tert-OH is 1. The first-order chi connectivity index (χ1) is 11.2. The number of rotatable bonds is 5. The fourth-order valence-corrected chi connectivity index (χ4v) is 4.51. The van der Waals surface area contributed by atoms with Gasteiger partial charge in [0.25, 0.3) is 5.91 Å². The van der Waals surface area contributed by atoms with Crippen LogP contribution in [-0.2, 0) is 19.1 Å². The Kier molecular flexibility index (Phi) is 3.92. The van der Waals surface area contributed by atoms with E-state index in [1.54, 1.807) is 31.4 Å². The maximum absolute atomic E-state index is 12.8. The lowest BCUT2D eigenvalue weighted by Gasteiger charge is -2.35. The van der Waals surface area contributed by atoms with Gasteiger partial charge in [-0.2, -0.15) is 0 Å². The zero-order valence-electron chi connectivity index (χ0n) is 13.3. The van der Waals surface area contributed by atoms with Crippen molar-refractivity contribution < 1.29 is 29.3 Å². The Labute approximate surface area is 142 Å². The van der Waals surface area contributed by atoms with Crippen molar-refractivity contribution in [3.05, 3.63) is 22.4 Å². The Bertz CT molecular complexity index is 685. The molecule has 0 aromatic carbocycles. The predicted octanol–water partition coefficient (Wildman–Crippen LogP) is 1.08. The van der Waals surface area contributed by atoms with Crippen LogP contribution in [0.25, 0.3) is 0 Å². The summed E-state index contributed by atoms with van der Waals surface area (Å²) in [6, 6.07) is 1.77. The highest BCUT2D eigenvalue weighted by Crippen LogP contribution is 2.58. The molecule has 1 aromatic rings. The average molecular weight is 353 g/mol. The molecule has 0 radical (unpaired) electrons. The van der Waals surface area contributed by atoms with Crippen molar-refractivity contribution in [3.8, 4) is 0 Å². The molecule has 130 valence electrons. The van der Waals surface area contributed by atoms with Crippen LogP contribution in [0, 0.1) is 11.3 Å². The maximum atomic E-state index is 12.8. The Morgan fingerprint density at radius 3 is 2.62 bits per heavy atom. The van der Waals surface area contributed by atoms with E-state index in [2.05, 4.69) is 5.32 Å². The highest BCUT2D eigenvalue weighted by atomic mass is 32.1. The fourth-order valence-electron chi connectivity index (χ4n) is 3.76. The number of nitrogens with one attached hydrogen (secondary N) is 1. The van der Waals surface area contributed by atoms with Gasteiger partial charge in [-0.3, -0.25) is 9.59 Å². The molecule has 0 unspecified atom stereocenters. The summed E-state index contributed by atoms with van der Waals surface area (Å²) in [5.41, 5.74) is -2.09. The van der Waals surface area contributed by atoms with Crippen molar-refractivity contribution in [2.24, 2.45) is 11.3 Å². The molecule has 1 aliphatic heterocycles. The molecule has 8 heteroatoms. The van der Waals surface area contributed by atoms with Gasteiger partial charge in [0.05, 0.1) is 5.92 Å². The molecule has 24 heavy (non-hydrogen) atoms. The summed E-state index contributed by atoms with van der Waals surface area (Å²) >= 11 is 1.20. The predicted molar refractivity (Wildman–Crippen MR) is 84.2 cm³/mol. The number of hydrogen-bond acceptors (Lipinski definition) is 6. The maximum Gasteiger partial charge on any atom is 0.329 e. The van der Waals surface area contributed by atoms with Gasteiger partial charge in [-0.25, -0.2) is 4.79 Å². The molecule has 1 aromatic heterocycles. The van der Waals surface area contributed by atoms with E-state index < -0.39 is 41.0 Å². The molecule has 0 spiro atoms. The van der Waals surface area contributed by atoms with Gasteiger partial charge in [-0.15, -0.1) is 11.3 Å². The van der Waals surface area contributed by atoms with Crippen molar-refractivity contribution in [3.63, 3.8) is 0 Å². The second-order valence-electron chi connectivity index (χ2n) is 6.81. The van der Waals surface area contributed by atoms with E-state index >= 15 is 0 Å². The zero-order chi connectivity index (χ0) is 17.7. The molecule has 2 heterocycles. The molecule has 2 bridgehead atoms. The number of carboxylic acid groups (broad SMARTS) is 1. The third-order valence-electron chi connectivity index (χ3n) is 5.33. The van der Waals surface area contributed by atoms with Crippen LogP contribution in [0.4, 0.5) is 0 Å². The third kappa shape index (κ3) is 2.24. The number of carbonyl (C=O) groups excluding carboxylic acids is 2. The number of aliphatic carboxylic acids is 1. The Morgan fingerprint density at radius 1 is 1.46 bits per heavy atom. The topological polar surface area (TPSA) is 113 Å². The van der Waals surface area contributed by atoms with Crippen LogP contribution in [0.15, 0.2) is 17.5 Å². The quantitative estimate of drug-likeness (QED) is 0.683. The van der Waals surface area contributed by atoms with E-state index in [9.17, 15) is 24.6 Å². The number of amides is 1. The van der Waals surface area contributed by atoms with E-state index in [4.69, 9.17) is 4.74 Å². The van der Waals surface area contributed by atoms with Crippen LogP contribution >= 0.6 is 11.3 Å². The highest BCUT2D eigenvalue weighted by molar-refractivity contribution is 7.10. The van der Waals surface area contributed by atoms with Crippen LogP contribution in [0.3, 0.4) is 0 Å². The van der Waals surface area contributed by atoms with E-state index in [0.717, 1.165) is 0 Å². The monoisotopic (exact) mass is 353 g/mol. The number of carboxylic acids is 1. The average Bonchev–Trinajstić information content (AvgIpc) is 3.16. The molecule has 1 amide bonds. The SMILES string of the molecule is CC1(C)[C@H]2CC[C@]1(C(=O)N[C@@H](C(=O)O)[C@@H](O)c1cccs1)OC2=O. The van der Waals surface area contributed by atoms with Crippen molar-refractivity contribution in [1.29, 1.82) is 0 Å². The van der Waals surface area contributed by atoms with Crippen LogP contribution in [-0.4, -0.2) is 39.7 Å². The summed E-state index contributed by atoms with van der Waals surface area (Å²) in [4.78, 5) is 36.7. The molecule has 1 saturated heterocycles. The van der Waals surface area contributed by atoms with Gasteiger partial charge in [0.2, 0.25) is 0 Å². The van der Waals surface area contributed by atoms with Gasteiger partial charge >= 0.3 is 11.9 Å². The molecule has 7 nitrogen and oxygen atoms in total. The Morgan fingerprint density at radius 2 is 2.17 bits per heavy atom. The van der Waals surface area contributed by atoms with Gasteiger partial charge in [-0.1, -0.05) is 19.9 Å². The molecule has 3 rings (SSSR count). The number of aliphatic hydroxyl groups is 1. The third-order valence-corrected chi connectivity index (χ3v) is 6.27. The number of fused-ring (bicyclic) bond motifs is 2. The summed E-state index contributed by atoms with van der Waals surface area (Å²) < 4.78 is 5.35. The second-order valence-corrected chi connectivity index (χ2v) is 7.79. The number of carbonyl (C=O) groups is 3. The van der Waals surface area contributed by atoms with E-state index in [1.807, 2.05) is 0 Å². The van der Waals surface area contributed by atoms with Crippen LogP contribution in [0.2, 0.25) is 0 Å². The first-order valence-corrected chi connectivity index (χ1v) is 8.57. The minimum absolute atomic E-state index is 0.351. The standard InChI is InChI=1S/C16H19NO6S/c1-15(2)8-5-6-16(15,23-13(8)21)14(22)17-10(12(19)20)11(18)9-4-3-7-24-9/h3-4,7-8,10-11,18H,5-6H2,1-2H3,(H,17,22)(H,19,20)/t8-,10+,11-,16+/m0/s1. The number of thiophene rings is 1.